The summed E-state index contributed by atoms with van der Waals surface area (Å²) >= 11 is 13.6. The van der Waals surface area contributed by atoms with Gasteiger partial charge in [-0.25, -0.2) is 0 Å². The number of halogens is 2. The average molecular weight is 333 g/mol. The second kappa shape index (κ2) is 6.24. The molecule has 1 atom stereocenters. The Hall–Kier alpha value is -0.910. The second-order valence-electron chi connectivity index (χ2n) is 4.62. The van der Waals surface area contributed by atoms with Crippen LogP contribution in [0.2, 0.25) is 10.0 Å². The van der Waals surface area contributed by atoms with Crippen molar-refractivity contribution >= 4 is 46.8 Å². The van der Waals surface area contributed by atoms with Crippen LogP contribution < -0.4 is 0 Å². The van der Waals surface area contributed by atoms with E-state index in [1.165, 1.54) is 4.90 Å². The molecule has 1 unspecified atom stereocenters. The largest absolute Gasteiger partial charge is 0.347 e. The minimum absolute atomic E-state index is 0.0819. The van der Waals surface area contributed by atoms with E-state index < -0.39 is 6.04 Å². The second-order valence-corrected chi connectivity index (χ2v) is 6.41. The Bertz CT molecular complexity index is 551. The SMILES string of the molecule is CN(C)C(=O)C1CSCN1C(=O)c1cccc(Cl)c1Cl. The summed E-state index contributed by atoms with van der Waals surface area (Å²) in [5, 5.41) is 0.562. The van der Waals surface area contributed by atoms with Crippen molar-refractivity contribution in [3.8, 4) is 0 Å². The molecular weight excluding hydrogens is 319 g/mol. The van der Waals surface area contributed by atoms with Crippen LogP contribution in [0.5, 0.6) is 0 Å². The lowest BCUT2D eigenvalue weighted by molar-refractivity contribution is -0.132. The summed E-state index contributed by atoms with van der Waals surface area (Å²) in [7, 11) is 3.36. The Morgan fingerprint density at radius 1 is 1.35 bits per heavy atom. The maximum atomic E-state index is 12.6. The molecule has 1 fully saturated rings. The molecule has 0 saturated carbocycles. The number of likely N-dealkylation sites (N-methyl/N-ethyl adjacent to an activating group) is 1. The van der Waals surface area contributed by atoms with Crippen molar-refractivity contribution in [1.29, 1.82) is 0 Å². The van der Waals surface area contributed by atoms with E-state index in [4.69, 9.17) is 23.2 Å². The lowest BCUT2D eigenvalue weighted by Crippen LogP contribution is -2.46. The molecule has 108 valence electrons. The number of amides is 2. The van der Waals surface area contributed by atoms with Gasteiger partial charge in [-0.3, -0.25) is 9.59 Å². The van der Waals surface area contributed by atoms with E-state index >= 15 is 0 Å². The van der Waals surface area contributed by atoms with E-state index in [0.717, 1.165) is 0 Å². The van der Waals surface area contributed by atoms with Crippen molar-refractivity contribution in [2.75, 3.05) is 25.7 Å². The van der Waals surface area contributed by atoms with Crippen LogP contribution in [0.25, 0.3) is 0 Å². The molecule has 0 spiro atoms. The van der Waals surface area contributed by atoms with Gasteiger partial charge in [0.2, 0.25) is 5.91 Å². The topological polar surface area (TPSA) is 40.6 Å². The molecule has 1 aliphatic rings. The third-order valence-corrected chi connectivity index (χ3v) is 4.88. The molecular formula is C13H14Cl2N2O2S. The van der Waals surface area contributed by atoms with Gasteiger partial charge < -0.3 is 9.80 Å². The third-order valence-electron chi connectivity index (χ3n) is 3.05. The van der Waals surface area contributed by atoms with Gasteiger partial charge in [0.25, 0.3) is 5.91 Å². The van der Waals surface area contributed by atoms with Crippen molar-refractivity contribution in [2.24, 2.45) is 0 Å². The zero-order valence-electron chi connectivity index (χ0n) is 11.1. The van der Waals surface area contributed by atoms with Gasteiger partial charge in [0, 0.05) is 19.8 Å². The van der Waals surface area contributed by atoms with Crippen LogP contribution in [0.3, 0.4) is 0 Å². The van der Waals surface area contributed by atoms with E-state index in [-0.39, 0.29) is 16.8 Å². The molecule has 0 aliphatic carbocycles. The van der Waals surface area contributed by atoms with E-state index in [9.17, 15) is 9.59 Å². The summed E-state index contributed by atoms with van der Waals surface area (Å²) in [6.45, 7) is 0. The Morgan fingerprint density at radius 3 is 2.70 bits per heavy atom. The molecule has 7 heteroatoms. The van der Waals surface area contributed by atoms with Crippen LogP contribution in [0.15, 0.2) is 18.2 Å². The summed E-state index contributed by atoms with van der Waals surface area (Å²) in [6.07, 6.45) is 0. The number of benzene rings is 1. The summed E-state index contributed by atoms with van der Waals surface area (Å²) in [6, 6.07) is 4.48. The van der Waals surface area contributed by atoms with Crippen LogP contribution in [-0.2, 0) is 4.79 Å². The quantitative estimate of drug-likeness (QED) is 0.835. The molecule has 20 heavy (non-hydrogen) atoms. The molecule has 1 aromatic rings. The molecule has 0 radical (unpaired) electrons. The van der Waals surface area contributed by atoms with Gasteiger partial charge in [0.05, 0.1) is 21.5 Å². The first-order valence-corrected chi connectivity index (χ1v) is 7.88. The van der Waals surface area contributed by atoms with Gasteiger partial charge in [0.1, 0.15) is 6.04 Å². The minimum Gasteiger partial charge on any atom is -0.347 e. The summed E-state index contributed by atoms with van der Waals surface area (Å²) in [4.78, 5) is 27.7. The standard InChI is InChI=1S/C13H14Cl2N2O2S/c1-16(2)13(19)10-6-20-7-17(10)12(18)8-4-3-5-9(14)11(8)15/h3-5,10H,6-7H2,1-2H3. The highest BCUT2D eigenvalue weighted by molar-refractivity contribution is 7.99. The van der Waals surface area contributed by atoms with Crippen molar-refractivity contribution < 1.29 is 9.59 Å². The van der Waals surface area contributed by atoms with Crippen molar-refractivity contribution in [3.63, 3.8) is 0 Å². The Morgan fingerprint density at radius 2 is 2.05 bits per heavy atom. The minimum atomic E-state index is -0.447. The summed E-state index contributed by atoms with van der Waals surface area (Å²) in [5.41, 5.74) is 0.332. The van der Waals surface area contributed by atoms with Crippen molar-refractivity contribution in [3.05, 3.63) is 33.8 Å². The van der Waals surface area contributed by atoms with E-state index in [2.05, 4.69) is 0 Å². The number of hydrogen-bond acceptors (Lipinski definition) is 3. The average Bonchev–Trinajstić information content (AvgIpc) is 2.89. The van der Waals surface area contributed by atoms with Crippen molar-refractivity contribution in [2.45, 2.75) is 6.04 Å². The maximum absolute atomic E-state index is 12.6. The third kappa shape index (κ3) is 2.90. The summed E-state index contributed by atoms with van der Waals surface area (Å²) in [5.74, 6) is 0.733. The monoisotopic (exact) mass is 332 g/mol. The zero-order valence-corrected chi connectivity index (χ0v) is 13.4. The van der Waals surface area contributed by atoms with Gasteiger partial charge in [-0.1, -0.05) is 29.3 Å². The highest BCUT2D eigenvalue weighted by atomic mass is 35.5. The first kappa shape index (κ1) is 15.5. The zero-order chi connectivity index (χ0) is 14.9. The predicted molar refractivity (Wildman–Crippen MR) is 82.4 cm³/mol. The number of carbonyl (C=O) groups is 2. The van der Waals surface area contributed by atoms with Crippen LogP contribution in [0, 0.1) is 0 Å². The molecule has 1 saturated heterocycles. The smallest absolute Gasteiger partial charge is 0.256 e. The number of thioether (sulfide) groups is 1. The number of rotatable bonds is 2. The summed E-state index contributed by atoms with van der Waals surface area (Å²) < 4.78 is 0. The predicted octanol–water partition coefficient (Wildman–Crippen LogP) is 2.60. The van der Waals surface area contributed by atoms with E-state index in [0.29, 0.717) is 22.2 Å². The van der Waals surface area contributed by atoms with Gasteiger partial charge >= 0.3 is 0 Å². The van der Waals surface area contributed by atoms with Gasteiger partial charge in [-0.15, -0.1) is 11.8 Å². The Kier molecular flexibility index (Phi) is 4.83. The first-order chi connectivity index (χ1) is 9.43. The highest BCUT2D eigenvalue weighted by Gasteiger charge is 2.36. The van der Waals surface area contributed by atoms with Crippen LogP contribution in [0.1, 0.15) is 10.4 Å². The molecule has 1 heterocycles. The van der Waals surface area contributed by atoms with Gasteiger partial charge in [-0.2, -0.15) is 0 Å². The fraction of sp³-hybridized carbons (Fsp3) is 0.385. The van der Waals surface area contributed by atoms with Crippen molar-refractivity contribution in [1.82, 2.24) is 9.80 Å². The maximum Gasteiger partial charge on any atom is 0.256 e. The normalized spacial score (nSPS) is 18.2. The Labute approximate surface area is 132 Å². The molecule has 4 nitrogen and oxygen atoms in total. The fourth-order valence-electron chi connectivity index (χ4n) is 1.97. The van der Waals surface area contributed by atoms with Gasteiger partial charge in [-0.05, 0) is 12.1 Å². The molecule has 2 rings (SSSR count). The molecule has 0 bridgehead atoms. The van der Waals surface area contributed by atoms with Crippen LogP contribution in [-0.4, -0.2) is 53.4 Å². The lowest BCUT2D eigenvalue weighted by Gasteiger charge is -2.25. The van der Waals surface area contributed by atoms with Crippen LogP contribution >= 0.6 is 35.0 Å². The highest BCUT2D eigenvalue weighted by Crippen LogP contribution is 2.30. The molecule has 0 N–H and O–H groups in total. The van der Waals surface area contributed by atoms with Gasteiger partial charge in [0.15, 0.2) is 0 Å². The molecule has 1 aromatic carbocycles. The Balaban J connectivity index is 2.28. The fourth-order valence-corrected chi connectivity index (χ4v) is 3.50. The molecule has 1 aliphatic heterocycles. The van der Waals surface area contributed by atoms with E-state index in [1.54, 1.807) is 49.0 Å². The lowest BCUT2D eigenvalue weighted by atomic mass is 10.1. The molecule has 2 amide bonds. The first-order valence-electron chi connectivity index (χ1n) is 5.97. The number of nitrogens with zero attached hydrogens (tertiary/aromatic N) is 2. The van der Waals surface area contributed by atoms with Crippen LogP contribution in [0.4, 0.5) is 0 Å². The number of carbonyl (C=O) groups excluding carboxylic acids is 2. The van der Waals surface area contributed by atoms with E-state index in [1.807, 2.05) is 0 Å². The molecule has 0 aromatic heterocycles. The number of hydrogen-bond donors (Lipinski definition) is 0.